The van der Waals surface area contributed by atoms with Crippen LogP contribution in [0.2, 0.25) is 0 Å². The minimum Gasteiger partial charge on any atom is -0.465 e. The Kier molecular flexibility index (Phi) is 8.06. The molecule has 0 radical (unpaired) electrons. The Morgan fingerprint density at radius 1 is 0.946 bits per heavy atom. The van der Waals surface area contributed by atoms with Crippen LogP contribution >= 0.6 is 0 Å². The maximum atomic E-state index is 13.9. The van der Waals surface area contributed by atoms with Gasteiger partial charge < -0.3 is 24.5 Å². The Morgan fingerprint density at radius 3 is 2.19 bits per heavy atom. The Labute approximate surface area is 215 Å². The van der Waals surface area contributed by atoms with Crippen molar-refractivity contribution in [1.82, 2.24) is 20.2 Å². The van der Waals surface area contributed by atoms with Gasteiger partial charge in [-0.3, -0.25) is 19.7 Å². The largest absolute Gasteiger partial charge is 0.465 e. The fourth-order valence-corrected chi connectivity index (χ4v) is 5.64. The SMILES string of the molecule is C[C@@]1(C(=O)N2CCN(c3ccccc3)CC2)[C@@H](C(=O)NO)C[C@H](OC(=O)N2CCCCC2)CN1C(=O)O. The molecule has 12 heteroatoms. The lowest BCUT2D eigenvalue weighted by atomic mass is 9.75. The van der Waals surface area contributed by atoms with Gasteiger partial charge in [0.2, 0.25) is 11.8 Å². The Bertz CT molecular complexity index is 994. The van der Waals surface area contributed by atoms with Crippen LogP contribution in [0.1, 0.15) is 32.6 Å². The second kappa shape index (κ2) is 11.2. The highest BCUT2D eigenvalue weighted by atomic mass is 16.6. The molecule has 37 heavy (non-hydrogen) atoms. The summed E-state index contributed by atoms with van der Waals surface area (Å²) in [6.45, 7) is 4.05. The number of carboxylic acid groups (broad SMARTS) is 1. The molecule has 1 aromatic rings. The molecule has 202 valence electrons. The summed E-state index contributed by atoms with van der Waals surface area (Å²) in [4.78, 5) is 57.9. The molecule has 0 bridgehead atoms. The molecule has 0 aliphatic carbocycles. The Balaban J connectivity index is 1.52. The fourth-order valence-electron chi connectivity index (χ4n) is 5.64. The third kappa shape index (κ3) is 5.43. The first kappa shape index (κ1) is 26.5. The van der Waals surface area contributed by atoms with Crippen molar-refractivity contribution in [3.8, 4) is 0 Å². The number of nitrogens with zero attached hydrogens (tertiary/aromatic N) is 4. The molecule has 0 unspecified atom stereocenters. The van der Waals surface area contributed by atoms with Gasteiger partial charge in [-0.1, -0.05) is 18.2 Å². The van der Waals surface area contributed by atoms with E-state index >= 15 is 0 Å². The van der Waals surface area contributed by atoms with Gasteiger partial charge in [-0.15, -0.1) is 0 Å². The molecule has 1 aromatic carbocycles. The predicted molar refractivity (Wildman–Crippen MR) is 132 cm³/mol. The number of benzene rings is 1. The van der Waals surface area contributed by atoms with E-state index in [1.165, 1.54) is 6.92 Å². The first-order valence-electron chi connectivity index (χ1n) is 12.7. The molecule has 3 heterocycles. The maximum absolute atomic E-state index is 13.9. The molecule has 0 aromatic heterocycles. The molecular weight excluding hydrogens is 482 g/mol. The molecule has 3 fully saturated rings. The molecule has 3 saturated heterocycles. The predicted octanol–water partition coefficient (Wildman–Crippen LogP) is 1.59. The molecule has 4 amide bonds. The maximum Gasteiger partial charge on any atom is 0.410 e. The topological polar surface area (TPSA) is 143 Å². The van der Waals surface area contributed by atoms with Crippen molar-refractivity contribution < 1.29 is 34.2 Å². The Morgan fingerprint density at radius 2 is 1.59 bits per heavy atom. The average molecular weight is 518 g/mol. The van der Waals surface area contributed by atoms with E-state index in [0.717, 1.165) is 29.8 Å². The van der Waals surface area contributed by atoms with Gasteiger partial charge in [0.25, 0.3) is 0 Å². The summed E-state index contributed by atoms with van der Waals surface area (Å²) in [5.41, 5.74) is 0.824. The van der Waals surface area contributed by atoms with Gasteiger partial charge in [-0.05, 0) is 38.3 Å². The first-order chi connectivity index (χ1) is 17.8. The van der Waals surface area contributed by atoms with Crippen molar-refractivity contribution >= 4 is 29.7 Å². The number of piperidine rings is 2. The van der Waals surface area contributed by atoms with Crippen LogP contribution in [-0.2, 0) is 14.3 Å². The van der Waals surface area contributed by atoms with Crippen LogP contribution in [0.25, 0.3) is 0 Å². The number of piperazine rings is 1. The van der Waals surface area contributed by atoms with Crippen molar-refractivity contribution in [3.63, 3.8) is 0 Å². The number of nitrogens with one attached hydrogen (secondary N) is 1. The van der Waals surface area contributed by atoms with Crippen LogP contribution in [0.3, 0.4) is 0 Å². The molecule has 3 aliphatic heterocycles. The lowest BCUT2D eigenvalue weighted by Crippen LogP contribution is -2.71. The average Bonchev–Trinajstić information content (AvgIpc) is 2.93. The van der Waals surface area contributed by atoms with Gasteiger partial charge in [0.05, 0.1) is 12.5 Å². The first-order valence-corrected chi connectivity index (χ1v) is 12.7. The molecule has 0 spiro atoms. The molecular formula is C25H35N5O7. The molecule has 4 rings (SSSR count). The summed E-state index contributed by atoms with van der Waals surface area (Å²) >= 11 is 0. The lowest BCUT2D eigenvalue weighted by molar-refractivity contribution is -0.162. The number of carbonyl (C=O) groups is 4. The highest BCUT2D eigenvalue weighted by Gasteiger charge is 2.58. The van der Waals surface area contributed by atoms with E-state index in [4.69, 9.17) is 4.74 Å². The number of rotatable bonds is 4. The molecule has 3 atom stereocenters. The van der Waals surface area contributed by atoms with Crippen molar-refractivity contribution in [3.05, 3.63) is 30.3 Å². The number of hydroxylamine groups is 1. The second-order valence-electron chi connectivity index (χ2n) is 9.97. The normalized spacial score (nSPS) is 26.4. The van der Waals surface area contributed by atoms with Gasteiger partial charge in [-0.2, -0.15) is 0 Å². The molecule has 12 nitrogen and oxygen atoms in total. The summed E-state index contributed by atoms with van der Waals surface area (Å²) in [7, 11) is 0. The van der Waals surface area contributed by atoms with Crippen LogP contribution in [-0.4, -0.2) is 106 Å². The standard InChI is InChI=1S/C25H35N5O7/c1-25(22(32)28-14-12-27(13-15-28)18-8-4-2-5-9-18)20(21(31)26-36)16-19(17-30(25)23(33)34)37-24(35)29-10-6-3-7-11-29/h2,4-5,8-9,19-20,36H,3,6-7,10-17H2,1H3,(H,26,31)(H,33,34)/t19-,20+,25-/m0/s1. The molecule has 3 N–H and O–H groups in total. The number of likely N-dealkylation sites (tertiary alicyclic amines) is 2. The highest BCUT2D eigenvalue weighted by molar-refractivity contribution is 5.96. The van der Waals surface area contributed by atoms with Gasteiger partial charge in [0.15, 0.2) is 0 Å². The molecule has 0 saturated carbocycles. The minimum atomic E-state index is -1.79. The lowest BCUT2D eigenvalue weighted by Gasteiger charge is -2.50. The quantitative estimate of drug-likeness (QED) is 0.404. The summed E-state index contributed by atoms with van der Waals surface area (Å²) in [6.07, 6.45) is -0.260. The van der Waals surface area contributed by atoms with E-state index < -0.39 is 41.6 Å². The van der Waals surface area contributed by atoms with E-state index in [0.29, 0.717) is 39.3 Å². The van der Waals surface area contributed by atoms with Gasteiger partial charge in [0, 0.05) is 51.4 Å². The number of para-hydroxylation sites is 1. The summed E-state index contributed by atoms with van der Waals surface area (Å²) in [5, 5.41) is 19.5. The smallest absolute Gasteiger partial charge is 0.410 e. The Hall–Kier alpha value is -3.54. The third-order valence-corrected chi connectivity index (χ3v) is 7.78. The number of ether oxygens (including phenoxy) is 1. The number of hydrogen-bond acceptors (Lipinski definition) is 7. The highest BCUT2D eigenvalue weighted by Crippen LogP contribution is 2.37. The van der Waals surface area contributed by atoms with Gasteiger partial charge in [-0.25, -0.2) is 15.1 Å². The second-order valence-corrected chi connectivity index (χ2v) is 9.97. The summed E-state index contributed by atoms with van der Waals surface area (Å²) < 4.78 is 5.61. The van der Waals surface area contributed by atoms with Crippen LogP contribution in [0.5, 0.6) is 0 Å². The van der Waals surface area contributed by atoms with Gasteiger partial charge in [0.1, 0.15) is 11.6 Å². The van der Waals surface area contributed by atoms with Crippen molar-refractivity contribution in [2.45, 2.75) is 44.2 Å². The summed E-state index contributed by atoms with van der Waals surface area (Å²) in [6, 6.07) is 9.77. The summed E-state index contributed by atoms with van der Waals surface area (Å²) in [5.74, 6) is -2.68. The van der Waals surface area contributed by atoms with E-state index in [2.05, 4.69) is 4.90 Å². The minimum absolute atomic E-state index is 0.0953. The molecule has 3 aliphatic rings. The number of carbonyl (C=O) groups excluding carboxylic acids is 3. The van der Waals surface area contributed by atoms with Crippen molar-refractivity contribution in [2.75, 3.05) is 50.7 Å². The van der Waals surface area contributed by atoms with Crippen molar-refractivity contribution in [2.24, 2.45) is 5.92 Å². The zero-order chi connectivity index (χ0) is 26.6. The third-order valence-electron chi connectivity index (χ3n) is 7.78. The van der Waals surface area contributed by atoms with Crippen LogP contribution in [0, 0.1) is 5.92 Å². The van der Waals surface area contributed by atoms with E-state index in [1.54, 1.807) is 15.3 Å². The monoisotopic (exact) mass is 517 g/mol. The number of anilines is 1. The van der Waals surface area contributed by atoms with Crippen LogP contribution in [0.4, 0.5) is 15.3 Å². The van der Waals surface area contributed by atoms with E-state index in [1.807, 2.05) is 30.3 Å². The zero-order valence-corrected chi connectivity index (χ0v) is 21.0. The zero-order valence-electron chi connectivity index (χ0n) is 21.0. The van der Waals surface area contributed by atoms with Gasteiger partial charge >= 0.3 is 12.2 Å². The number of hydrogen-bond donors (Lipinski definition) is 3. The van der Waals surface area contributed by atoms with E-state index in [9.17, 15) is 29.5 Å². The van der Waals surface area contributed by atoms with E-state index in [-0.39, 0.29) is 13.0 Å². The van der Waals surface area contributed by atoms with Crippen LogP contribution < -0.4 is 10.4 Å². The van der Waals surface area contributed by atoms with Crippen LogP contribution in [0.15, 0.2) is 30.3 Å². The van der Waals surface area contributed by atoms with Crippen molar-refractivity contribution in [1.29, 1.82) is 0 Å². The number of amides is 4. The fraction of sp³-hybridized carbons (Fsp3) is 0.600.